The Labute approximate surface area is 24.4 Å². The summed E-state index contributed by atoms with van der Waals surface area (Å²) in [6.07, 6.45) is 0. The molecule has 0 saturated carbocycles. The van der Waals surface area contributed by atoms with Crippen LogP contribution in [-0.2, 0) is 4.57 Å². The van der Waals surface area contributed by atoms with Crippen molar-refractivity contribution in [1.82, 2.24) is 0 Å². The Morgan fingerprint density at radius 1 is 1.00 bits per heavy atom. The highest BCUT2D eigenvalue weighted by Gasteiger charge is 0.593. The summed E-state index contributed by atoms with van der Waals surface area (Å²) < 4.78 is 8.28. The molecule has 1 atom stereocenters. The standard InChI is InChI=1S/2FH.H3OP/c;;1-2/h2*1H;2H3. The van der Waals surface area contributed by atoms with Gasteiger partial charge in [0.1, 0.15) is 0 Å². The van der Waals surface area contributed by atoms with E-state index in [9.17, 15) is 0 Å². The van der Waals surface area contributed by atoms with Gasteiger partial charge in [0.05, 0.1) is 9.12 Å². The predicted molar refractivity (Wildman–Crippen MR) is 16.8 cm³/mol. The van der Waals surface area contributed by atoms with Gasteiger partial charge in [-0.3, -0.25) is 9.41 Å². The topological polar surface area (TPSA) is 17.1 Å². The summed E-state index contributed by atoms with van der Waals surface area (Å²) in [4.78, 5) is 0. The van der Waals surface area contributed by atoms with Crippen LogP contribution in [0.15, 0.2) is 0 Å². The van der Waals surface area contributed by atoms with Crippen LogP contribution in [0, 0.1) is 0 Å². The maximum absolute atomic E-state index is 8.28. The van der Waals surface area contributed by atoms with E-state index in [-0.39, 0.29) is 9.41 Å². The van der Waals surface area contributed by atoms with Crippen molar-refractivity contribution < 1.29 is 14.0 Å². The van der Waals surface area contributed by atoms with E-state index in [4.69, 9.17) is 4.57 Å². The van der Waals surface area contributed by atoms with Crippen molar-refractivity contribution in [2.75, 3.05) is 0 Å². The molecular formula is H5F2OP. The van der Waals surface area contributed by atoms with E-state index in [0.29, 0.717) is 9.12 Å². The summed E-state index contributed by atoms with van der Waals surface area (Å²) in [5, 5.41) is 0. The van der Waals surface area contributed by atoms with Crippen molar-refractivity contribution in [3.8, 4) is 0 Å². The first-order valence-electron chi connectivity index (χ1n) is 0.289. The van der Waals surface area contributed by atoms with Crippen LogP contribution < -0.4 is 0 Å². The second-order valence-corrected chi connectivity index (χ2v) is 0. The zero-order valence-corrected chi connectivity index (χ0v) is 3.35. The molecule has 0 aliphatic rings. The van der Waals surface area contributed by atoms with Crippen LogP contribution >= 0.6 is 9.12 Å². The Balaban J connectivity index is -0.00000000500. The lowest BCUT2D eigenvalue weighted by atomic mass is 16.0. The van der Waals surface area contributed by atoms with Gasteiger partial charge in [-0.1, -0.05) is 0 Å². The molecule has 0 rings (SSSR count). The summed E-state index contributed by atoms with van der Waals surface area (Å²) >= 11 is 0. The Morgan fingerprint density at radius 2 is 1.00 bits per heavy atom. The third-order valence-corrected chi connectivity index (χ3v) is 0. The molecule has 0 N–H and O–H groups in total. The van der Waals surface area contributed by atoms with Gasteiger partial charge >= 0.3 is 0 Å². The van der Waals surface area contributed by atoms with E-state index in [2.05, 4.69) is 0 Å². The lowest BCUT2D eigenvalue weighted by Crippen LogP contribution is -0.489. The summed E-state index contributed by atoms with van der Waals surface area (Å²) in [5.74, 6) is 0. The number of hydrogen-bond acceptors (Lipinski definition) is 1. The number of hydrogen-bond donors (Lipinski definition) is 0. The molecule has 0 heterocycles. The van der Waals surface area contributed by atoms with Gasteiger partial charge < -0.3 is 4.57 Å². The average molecular weight is 90.0 g/mol. The summed E-state index contributed by atoms with van der Waals surface area (Å²) in [7, 11) is 0.611. The SMILES string of the molecule is F.F.O=[PH3]. The maximum atomic E-state index is 8.28. The van der Waals surface area contributed by atoms with Crippen molar-refractivity contribution in [2.45, 2.75) is 0 Å². The summed E-state index contributed by atoms with van der Waals surface area (Å²) in [6.45, 7) is 0. The van der Waals surface area contributed by atoms with Crippen molar-refractivity contribution in [1.29, 1.82) is 0 Å². The lowest BCUT2D eigenvalue weighted by molar-refractivity contribution is 0.607. The average Bonchev–Trinajstić information content (AvgIpc) is 1.00. The van der Waals surface area contributed by atoms with Crippen molar-refractivity contribution in [2.24, 2.45) is 0 Å². The molecule has 1 nitrogen and oxygen atoms in total. The van der Waals surface area contributed by atoms with Crippen LogP contribution in [0.2, 0.25) is 0 Å². The smallest absolute Gasteiger partial charge is 0.0527 e. The van der Waals surface area contributed by atoms with Crippen LogP contribution in [0.3, 0.4) is 0 Å². The van der Waals surface area contributed by atoms with Crippen LogP contribution in [0.4, 0.5) is 9.41 Å². The first kappa shape index (κ1) is 32.9. The van der Waals surface area contributed by atoms with E-state index >= 15 is 0 Å². The summed E-state index contributed by atoms with van der Waals surface area (Å²) in [6, 6.07) is 0. The summed E-state index contributed by atoms with van der Waals surface area (Å²) in [5.41, 5.74) is 0. The highest BCUT2D eigenvalue weighted by atomic mass is 31.0. The zero-order valence-electron chi connectivity index (χ0n) is 1.93. The third kappa shape index (κ3) is 307. The predicted octanol–water partition coefficient (Wildman–Crippen LogP) is 0.244. The molecule has 0 saturated heterocycles. The molecule has 0 radical (unpaired) electrons. The molecule has 0 bridgehead atoms. The maximum Gasteiger partial charge on any atom is 0.0527 e. The highest BCUT2D eigenvalue weighted by Crippen LogP contribution is 1.23. The van der Waals surface area contributed by atoms with Gasteiger partial charge in [-0.05, 0) is 0 Å². The molecule has 0 spiro atoms. The van der Waals surface area contributed by atoms with Crippen LogP contribution in [-0.4, -0.2) is 0 Å². The van der Waals surface area contributed by atoms with Gasteiger partial charge in [0.15, 0.2) is 0 Å². The van der Waals surface area contributed by atoms with E-state index in [1.807, 2.05) is 0 Å². The van der Waals surface area contributed by atoms with Gasteiger partial charge in [-0.15, -0.1) is 0 Å². The molecule has 0 aromatic carbocycles. The van der Waals surface area contributed by atoms with E-state index in [0.717, 1.165) is 0 Å². The van der Waals surface area contributed by atoms with Crippen LogP contribution in [0.1, 0.15) is 0 Å². The first-order chi connectivity index (χ1) is 1.00. The second kappa shape index (κ2) is 1670. The zero-order chi connectivity index (χ0) is 2.00. The lowest BCUT2D eigenvalue weighted by Gasteiger charge is -0.873. The second-order valence-electron chi connectivity index (χ2n) is 0. The molecule has 0 aromatic rings. The van der Waals surface area contributed by atoms with E-state index in [1.165, 1.54) is 0 Å². The van der Waals surface area contributed by atoms with Gasteiger partial charge in [0.2, 0.25) is 0 Å². The van der Waals surface area contributed by atoms with Crippen LogP contribution in [0.25, 0.3) is 0 Å². The monoisotopic (exact) mass is 90.0 g/mol. The molecule has 0 aliphatic heterocycles. The Kier molecular flexibility index (Phi) is 13700. The molecule has 0 aromatic heterocycles. The minimum absolute atomic E-state index is 0. The largest absolute Gasteiger partial charge is 0.333 e. The fourth-order valence-electron chi connectivity index (χ4n) is 0. The number of rotatable bonds is 0. The minimum Gasteiger partial charge on any atom is -0.333 e. The molecule has 0 amide bonds. The quantitative estimate of drug-likeness (QED) is 0.389. The fraction of sp³-hybridized carbons (Fsp3) is 0. The van der Waals surface area contributed by atoms with Crippen LogP contribution in [0.5, 0.6) is 0 Å². The molecule has 4 heavy (non-hydrogen) atoms. The molecule has 4 heteroatoms. The molecule has 30 valence electrons. The molecule has 0 aliphatic carbocycles. The van der Waals surface area contributed by atoms with E-state index < -0.39 is 0 Å². The molecular weight excluding hydrogens is 85.0 g/mol. The Hall–Kier alpha value is 0.0900. The normalized spacial score (nSPS) is 2.00. The van der Waals surface area contributed by atoms with Gasteiger partial charge in [-0.2, -0.15) is 0 Å². The van der Waals surface area contributed by atoms with Crippen molar-refractivity contribution in [3.05, 3.63) is 0 Å². The van der Waals surface area contributed by atoms with E-state index in [1.54, 1.807) is 0 Å². The Bertz CT molecular complexity index is 6.00. The minimum atomic E-state index is 0. The highest BCUT2D eigenvalue weighted by molar-refractivity contribution is 7.00. The van der Waals surface area contributed by atoms with Crippen molar-refractivity contribution in [3.63, 3.8) is 0 Å². The third-order valence-electron chi connectivity index (χ3n) is 0. The molecule has 0 fully saturated rings. The van der Waals surface area contributed by atoms with Gasteiger partial charge in [-0.25, -0.2) is 0 Å². The first-order valence-corrected chi connectivity index (χ1v) is 0.866. The van der Waals surface area contributed by atoms with Crippen molar-refractivity contribution >= 4 is 9.12 Å². The van der Waals surface area contributed by atoms with Gasteiger partial charge in [0.25, 0.3) is 0 Å². The molecule has 1 unspecified atom stereocenters. The Morgan fingerprint density at radius 3 is 1.00 bits per heavy atom. The number of halogens is 2. The fourth-order valence-corrected chi connectivity index (χ4v) is 0. The van der Waals surface area contributed by atoms with Gasteiger partial charge in [0, 0.05) is 0 Å².